The Morgan fingerprint density at radius 3 is 1.40 bits per heavy atom. The molecule has 5 aromatic carbocycles. The molecule has 0 radical (unpaired) electrons. The molecule has 0 unspecified atom stereocenters. The number of ether oxygens (including phenoxy) is 2. The third-order valence-electron chi connectivity index (χ3n) is 8.39. The maximum absolute atomic E-state index is 13.4. The molecule has 11 heteroatoms. The van der Waals surface area contributed by atoms with Gasteiger partial charge in [-0.05, 0) is 91.9 Å². The van der Waals surface area contributed by atoms with Crippen LogP contribution in [0.15, 0.2) is 109 Å². The van der Waals surface area contributed by atoms with E-state index in [4.69, 9.17) is 9.47 Å². The lowest BCUT2D eigenvalue weighted by Gasteiger charge is -2.14. The van der Waals surface area contributed by atoms with Gasteiger partial charge in [-0.25, -0.2) is 14.5 Å². The summed E-state index contributed by atoms with van der Waals surface area (Å²) in [4.78, 5) is 91.7. The normalized spacial score (nSPS) is 13.3. The summed E-state index contributed by atoms with van der Waals surface area (Å²) in [6.07, 6.45) is 0. The van der Waals surface area contributed by atoms with Gasteiger partial charge in [-0.3, -0.25) is 28.9 Å². The number of benzene rings is 5. The fourth-order valence-corrected chi connectivity index (χ4v) is 5.63. The Labute approximate surface area is 284 Å². The summed E-state index contributed by atoms with van der Waals surface area (Å²) in [6, 6.07) is 26.9. The van der Waals surface area contributed by atoms with E-state index in [1.54, 1.807) is 24.3 Å². The summed E-state index contributed by atoms with van der Waals surface area (Å²) in [5, 5.41) is 0. The molecule has 7 rings (SSSR count). The number of rotatable bonds is 7. The Morgan fingerprint density at radius 1 is 0.480 bits per heavy atom. The van der Waals surface area contributed by atoms with E-state index in [1.165, 1.54) is 92.0 Å². The fraction of sp³-hybridized carbons (Fsp3) is 0.0513. The van der Waals surface area contributed by atoms with E-state index in [1.807, 2.05) is 6.92 Å². The van der Waals surface area contributed by atoms with Crippen molar-refractivity contribution in [3.8, 4) is 11.5 Å². The van der Waals surface area contributed by atoms with Gasteiger partial charge in [0.2, 0.25) is 0 Å². The van der Waals surface area contributed by atoms with Gasteiger partial charge >= 0.3 is 11.9 Å². The number of amides is 4. The van der Waals surface area contributed by atoms with Crippen molar-refractivity contribution in [3.63, 3.8) is 0 Å². The van der Waals surface area contributed by atoms with E-state index in [0.29, 0.717) is 5.56 Å². The highest BCUT2D eigenvalue weighted by Gasteiger charge is 2.38. The van der Waals surface area contributed by atoms with Crippen LogP contribution in [0.2, 0.25) is 0 Å². The topological polar surface area (TPSA) is 144 Å². The molecule has 0 spiro atoms. The number of hydrogen-bond donors (Lipinski definition) is 0. The standard InChI is InChI=1S/C39H24N2O9/c1-21-3-5-22(6-4-21)38(47)49-27-13-15-28(16-14-27)50-39(48)23-7-11-26(12-8-23)41-36(45)30-18-10-25(20-32(30)37(41)46)33(42)24-9-17-29-31(19-24)35(44)40(2)34(29)43/h3-20H,1-2H3. The Balaban J connectivity index is 1.02. The maximum atomic E-state index is 13.4. The lowest BCUT2D eigenvalue weighted by Crippen LogP contribution is -2.29. The number of anilines is 1. The SMILES string of the molecule is Cc1ccc(C(=O)Oc2ccc(OC(=O)c3ccc(N4C(=O)c5ccc(C(=O)c6ccc7c(c6)C(=O)N(C)C7=O)cc5C4=O)cc3)cc2)cc1. The molecular formula is C39H24N2O9. The smallest absolute Gasteiger partial charge is 0.343 e. The quantitative estimate of drug-likeness (QED) is 0.0927. The van der Waals surface area contributed by atoms with Crippen molar-refractivity contribution in [2.75, 3.05) is 11.9 Å². The molecule has 244 valence electrons. The Hall–Kier alpha value is -7.01. The number of hydrogen-bond acceptors (Lipinski definition) is 9. The predicted molar refractivity (Wildman–Crippen MR) is 178 cm³/mol. The summed E-state index contributed by atoms with van der Waals surface area (Å²) < 4.78 is 10.8. The highest BCUT2D eigenvalue weighted by atomic mass is 16.5. The lowest BCUT2D eigenvalue weighted by molar-refractivity contribution is 0.0687. The van der Waals surface area contributed by atoms with Crippen LogP contribution in [0.3, 0.4) is 0 Å². The van der Waals surface area contributed by atoms with Crippen LogP contribution in [0.25, 0.3) is 0 Å². The molecule has 2 aliphatic rings. The molecule has 50 heavy (non-hydrogen) atoms. The number of nitrogens with zero attached hydrogens (tertiary/aromatic N) is 2. The zero-order valence-corrected chi connectivity index (χ0v) is 26.5. The predicted octanol–water partition coefficient (Wildman–Crippen LogP) is 5.69. The number of carbonyl (C=O) groups excluding carboxylic acids is 7. The lowest BCUT2D eigenvalue weighted by atomic mass is 9.96. The third kappa shape index (κ3) is 5.52. The maximum Gasteiger partial charge on any atom is 0.343 e. The number of aryl methyl sites for hydroxylation is 1. The first-order valence-corrected chi connectivity index (χ1v) is 15.3. The fourth-order valence-electron chi connectivity index (χ4n) is 5.63. The van der Waals surface area contributed by atoms with E-state index in [9.17, 15) is 33.6 Å². The molecular weight excluding hydrogens is 640 g/mol. The monoisotopic (exact) mass is 664 g/mol. The van der Waals surface area contributed by atoms with Gasteiger partial charge < -0.3 is 9.47 Å². The Morgan fingerprint density at radius 2 is 0.880 bits per heavy atom. The zero-order chi connectivity index (χ0) is 35.3. The van der Waals surface area contributed by atoms with Crippen molar-refractivity contribution < 1.29 is 43.0 Å². The molecule has 0 bridgehead atoms. The first kappa shape index (κ1) is 31.6. The summed E-state index contributed by atoms with van der Waals surface area (Å²) in [5.41, 5.74) is 2.45. The van der Waals surface area contributed by atoms with Crippen LogP contribution in [0.5, 0.6) is 11.5 Å². The molecule has 0 fully saturated rings. The minimum absolute atomic E-state index is 0.0180. The number of imide groups is 2. The summed E-state index contributed by atoms with van der Waals surface area (Å²) in [5.74, 6) is -3.49. The summed E-state index contributed by atoms with van der Waals surface area (Å²) >= 11 is 0. The molecule has 5 aromatic rings. The highest BCUT2D eigenvalue weighted by molar-refractivity contribution is 6.35. The molecule has 2 aliphatic heterocycles. The minimum Gasteiger partial charge on any atom is -0.423 e. The van der Waals surface area contributed by atoms with Crippen molar-refractivity contribution >= 4 is 47.0 Å². The minimum atomic E-state index is -0.698. The van der Waals surface area contributed by atoms with Gasteiger partial charge in [-0.15, -0.1) is 0 Å². The molecule has 0 N–H and O–H groups in total. The zero-order valence-electron chi connectivity index (χ0n) is 26.5. The molecule has 0 saturated carbocycles. The van der Waals surface area contributed by atoms with E-state index in [0.717, 1.165) is 15.4 Å². The van der Waals surface area contributed by atoms with E-state index in [-0.39, 0.29) is 56.1 Å². The van der Waals surface area contributed by atoms with Crippen LogP contribution < -0.4 is 14.4 Å². The highest BCUT2D eigenvalue weighted by Crippen LogP contribution is 2.31. The molecule has 0 atom stereocenters. The van der Waals surface area contributed by atoms with Crippen LogP contribution in [-0.4, -0.2) is 53.3 Å². The molecule has 0 aromatic heterocycles. The van der Waals surface area contributed by atoms with Crippen LogP contribution in [-0.2, 0) is 0 Å². The summed E-state index contributed by atoms with van der Waals surface area (Å²) in [6.45, 7) is 1.91. The second-order valence-electron chi connectivity index (χ2n) is 11.6. The van der Waals surface area contributed by atoms with Gasteiger partial charge in [-0.1, -0.05) is 29.8 Å². The molecule has 2 heterocycles. The molecule has 0 aliphatic carbocycles. The number of fused-ring (bicyclic) bond motifs is 2. The van der Waals surface area contributed by atoms with Crippen molar-refractivity contribution in [2.45, 2.75) is 6.92 Å². The average molecular weight is 665 g/mol. The Kier molecular flexibility index (Phi) is 7.72. The van der Waals surface area contributed by atoms with Crippen LogP contribution in [0.1, 0.15) is 83.6 Å². The number of esters is 2. The Bertz CT molecular complexity index is 2310. The molecule has 0 saturated heterocycles. The van der Waals surface area contributed by atoms with Crippen molar-refractivity contribution in [1.82, 2.24) is 4.90 Å². The van der Waals surface area contributed by atoms with Gasteiger partial charge in [0.15, 0.2) is 5.78 Å². The van der Waals surface area contributed by atoms with Crippen molar-refractivity contribution in [3.05, 3.63) is 159 Å². The summed E-state index contributed by atoms with van der Waals surface area (Å²) in [7, 11) is 1.36. The van der Waals surface area contributed by atoms with E-state index < -0.39 is 41.4 Å². The van der Waals surface area contributed by atoms with Gasteiger partial charge in [0, 0.05) is 18.2 Å². The first-order chi connectivity index (χ1) is 24.0. The van der Waals surface area contributed by atoms with E-state index in [2.05, 4.69) is 0 Å². The first-order valence-electron chi connectivity index (χ1n) is 15.3. The van der Waals surface area contributed by atoms with Crippen LogP contribution in [0, 0.1) is 6.92 Å². The molecule has 11 nitrogen and oxygen atoms in total. The van der Waals surface area contributed by atoms with Gasteiger partial charge in [-0.2, -0.15) is 0 Å². The average Bonchev–Trinajstić information content (AvgIpc) is 3.51. The largest absolute Gasteiger partial charge is 0.423 e. The van der Waals surface area contributed by atoms with Crippen molar-refractivity contribution in [2.24, 2.45) is 0 Å². The third-order valence-corrected chi connectivity index (χ3v) is 8.39. The second-order valence-corrected chi connectivity index (χ2v) is 11.6. The molecule has 4 amide bonds. The number of carbonyl (C=O) groups is 7. The van der Waals surface area contributed by atoms with Crippen LogP contribution in [0.4, 0.5) is 5.69 Å². The van der Waals surface area contributed by atoms with Crippen LogP contribution >= 0.6 is 0 Å². The van der Waals surface area contributed by atoms with Gasteiger partial charge in [0.1, 0.15) is 11.5 Å². The van der Waals surface area contributed by atoms with E-state index >= 15 is 0 Å². The number of ketones is 1. The van der Waals surface area contributed by atoms with Gasteiger partial charge in [0.25, 0.3) is 23.6 Å². The second kappa shape index (κ2) is 12.2. The van der Waals surface area contributed by atoms with Crippen molar-refractivity contribution in [1.29, 1.82) is 0 Å². The van der Waals surface area contributed by atoms with Gasteiger partial charge in [0.05, 0.1) is 39.1 Å².